The molecule has 0 radical (unpaired) electrons. The summed E-state index contributed by atoms with van der Waals surface area (Å²) in [5.74, 6) is -2.05. The first-order valence-corrected chi connectivity index (χ1v) is 8.80. The lowest BCUT2D eigenvalue weighted by Gasteiger charge is -2.25. The van der Waals surface area contributed by atoms with Crippen molar-refractivity contribution < 1.29 is 24.2 Å². The standard InChI is InChI=1S/C19H25N3O5/c1-3-27-19(26)14(20)8-9-17(23)22(2)16(18(24)25)10-12-11-21-15-7-5-4-6-13(12)15/h4-7,11,14,16,21H,3,8-10,20H2,1-2H3,(H,24,25)/t14-,16-/m1/s1. The van der Waals surface area contributed by atoms with Crippen molar-refractivity contribution in [2.75, 3.05) is 13.7 Å². The highest BCUT2D eigenvalue weighted by molar-refractivity contribution is 5.87. The molecule has 0 saturated carbocycles. The van der Waals surface area contributed by atoms with Gasteiger partial charge in [-0.25, -0.2) is 4.79 Å². The summed E-state index contributed by atoms with van der Waals surface area (Å²) in [6, 6.07) is 5.65. The zero-order chi connectivity index (χ0) is 20.0. The number of carboxylic acid groups (broad SMARTS) is 1. The van der Waals surface area contributed by atoms with E-state index in [4.69, 9.17) is 10.5 Å². The predicted molar refractivity (Wildman–Crippen MR) is 100 cm³/mol. The van der Waals surface area contributed by atoms with Crippen molar-refractivity contribution in [1.82, 2.24) is 9.88 Å². The number of nitrogens with zero attached hydrogens (tertiary/aromatic N) is 1. The second-order valence-corrected chi connectivity index (χ2v) is 6.32. The molecule has 1 amide bonds. The van der Waals surface area contributed by atoms with E-state index in [1.165, 1.54) is 11.9 Å². The molecular weight excluding hydrogens is 350 g/mol. The molecule has 0 aliphatic rings. The third-order valence-electron chi connectivity index (χ3n) is 4.49. The number of amides is 1. The quantitative estimate of drug-likeness (QED) is 0.567. The van der Waals surface area contributed by atoms with Crippen LogP contribution in [0.2, 0.25) is 0 Å². The number of ether oxygens (including phenoxy) is 1. The Kier molecular flexibility index (Phi) is 6.95. The van der Waals surface area contributed by atoms with Gasteiger partial charge in [0.2, 0.25) is 5.91 Å². The van der Waals surface area contributed by atoms with Crippen molar-refractivity contribution in [2.24, 2.45) is 5.73 Å². The molecule has 1 heterocycles. The minimum atomic E-state index is -1.09. The maximum absolute atomic E-state index is 12.4. The molecule has 2 aromatic rings. The van der Waals surface area contributed by atoms with Crippen LogP contribution in [-0.4, -0.2) is 58.6 Å². The molecule has 27 heavy (non-hydrogen) atoms. The molecule has 0 saturated heterocycles. The van der Waals surface area contributed by atoms with Gasteiger partial charge in [0, 0.05) is 37.0 Å². The Morgan fingerprint density at radius 3 is 2.67 bits per heavy atom. The second kappa shape index (κ2) is 9.18. The van der Waals surface area contributed by atoms with Gasteiger partial charge in [0.1, 0.15) is 12.1 Å². The van der Waals surface area contributed by atoms with E-state index < -0.39 is 24.0 Å². The molecule has 2 atom stereocenters. The number of fused-ring (bicyclic) bond motifs is 1. The third-order valence-corrected chi connectivity index (χ3v) is 4.49. The number of aromatic amines is 1. The third kappa shape index (κ3) is 5.07. The number of carboxylic acids is 1. The molecule has 0 spiro atoms. The average Bonchev–Trinajstić information content (AvgIpc) is 3.06. The summed E-state index contributed by atoms with van der Waals surface area (Å²) < 4.78 is 4.81. The second-order valence-electron chi connectivity index (χ2n) is 6.32. The normalized spacial score (nSPS) is 13.1. The lowest BCUT2D eigenvalue weighted by molar-refractivity contribution is -0.149. The van der Waals surface area contributed by atoms with Crippen molar-refractivity contribution in [3.8, 4) is 0 Å². The molecule has 4 N–H and O–H groups in total. The molecule has 0 unspecified atom stereocenters. The molecule has 8 nitrogen and oxygen atoms in total. The Hall–Kier alpha value is -2.87. The number of hydrogen-bond acceptors (Lipinski definition) is 5. The monoisotopic (exact) mass is 375 g/mol. The largest absolute Gasteiger partial charge is 0.480 e. The molecule has 0 fully saturated rings. The van der Waals surface area contributed by atoms with Gasteiger partial charge in [0.15, 0.2) is 0 Å². The summed E-state index contributed by atoms with van der Waals surface area (Å²) in [6.07, 6.45) is 2.00. The summed E-state index contributed by atoms with van der Waals surface area (Å²) in [5, 5.41) is 10.5. The number of benzene rings is 1. The van der Waals surface area contributed by atoms with Gasteiger partial charge in [0.25, 0.3) is 0 Å². The predicted octanol–water partition coefficient (Wildman–Crippen LogP) is 1.29. The number of carbonyl (C=O) groups excluding carboxylic acids is 2. The first kappa shape index (κ1) is 20.4. The van der Waals surface area contributed by atoms with Gasteiger partial charge in [-0.3, -0.25) is 9.59 Å². The van der Waals surface area contributed by atoms with Crippen LogP contribution in [0.3, 0.4) is 0 Å². The maximum atomic E-state index is 12.4. The summed E-state index contributed by atoms with van der Waals surface area (Å²) in [6.45, 7) is 1.89. The van der Waals surface area contributed by atoms with Crippen LogP contribution in [0.1, 0.15) is 25.3 Å². The fourth-order valence-electron chi connectivity index (χ4n) is 2.89. The number of nitrogens with two attached hydrogens (primary N) is 1. The number of carbonyl (C=O) groups is 3. The van der Waals surface area contributed by atoms with E-state index >= 15 is 0 Å². The van der Waals surface area contributed by atoms with Crippen LogP contribution in [0.5, 0.6) is 0 Å². The molecule has 0 bridgehead atoms. The van der Waals surface area contributed by atoms with Crippen LogP contribution in [0.15, 0.2) is 30.5 Å². The van der Waals surface area contributed by atoms with E-state index in [2.05, 4.69) is 4.98 Å². The zero-order valence-corrected chi connectivity index (χ0v) is 15.5. The SMILES string of the molecule is CCOC(=O)[C@H](N)CCC(=O)N(C)[C@H](Cc1c[nH]c2ccccc12)C(=O)O. The Labute approximate surface area is 157 Å². The number of para-hydroxylation sites is 1. The minimum Gasteiger partial charge on any atom is -0.480 e. The molecule has 2 rings (SSSR count). The number of aliphatic carboxylic acids is 1. The van der Waals surface area contributed by atoms with Crippen molar-refractivity contribution in [3.05, 3.63) is 36.0 Å². The van der Waals surface area contributed by atoms with Crippen LogP contribution in [0.25, 0.3) is 10.9 Å². The fourth-order valence-corrected chi connectivity index (χ4v) is 2.89. The number of likely N-dealkylation sites (N-methyl/N-ethyl adjacent to an activating group) is 1. The summed E-state index contributed by atoms with van der Waals surface area (Å²) in [5.41, 5.74) is 7.42. The van der Waals surface area contributed by atoms with Crippen molar-refractivity contribution in [2.45, 2.75) is 38.3 Å². The molecular formula is C19H25N3O5. The van der Waals surface area contributed by atoms with Crippen molar-refractivity contribution in [3.63, 3.8) is 0 Å². The number of H-pyrrole nitrogens is 1. The van der Waals surface area contributed by atoms with Crippen LogP contribution < -0.4 is 5.73 Å². The highest BCUT2D eigenvalue weighted by atomic mass is 16.5. The average molecular weight is 375 g/mol. The van der Waals surface area contributed by atoms with Crippen molar-refractivity contribution >= 4 is 28.7 Å². The lowest BCUT2D eigenvalue weighted by Crippen LogP contribution is -2.44. The Balaban J connectivity index is 2.04. The van der Waals surface area contributed by atoms with E-state index in [9.17, 15) is 19.5 Å². The molecule has 8 heteroatoms. The molecule has 0 aliphatic carbocycles. The smallest absolute Gasteiger partial charge is 0.326 e. The Morgan fingerprint density at radius 1 is 1.30 bits per heavy atom. The summed E-state index contributed by atoms with van der Waals surface area (Å²) in [4.78, 5) is 40.0. The topological polar surface area (TPSA) is 126 Å². The number of esters is 1. The fraction of sp³-hybridized carbons (Fsp3) is 0.421. The first-order valence-electron chi connectivity index (χ1n) is 8.80. The van der Waals surface area contributed by atoms with Gasteiger partial charge >= 0.3 is 11.9 Å². The number of rotatable bonds is 9. The van der Waals surface area contributed by atoms with Gasteiger partial charge in [-0.1, -0.05) is 18.2 Å². The number of aromatic nitrogens is 1. The van der Waals surface area contributed by atoms with E-state index in [0.29, 0.717) is 0 Å². The lowest BCUT2D eigenvalue weighted by atomic mass is 10.0. The minimum absolute atomic E-state index is 0.0336. The molecule has 0 aliphatic heterocycles. The van der Waals surface area contributed by atoms with Gasteiger partial charge < -0.3 is 25.5 Å². The van der Waals surface area contributed by atoms with Gasteiger partial charge in [-0.05, 0) is 25.0 Å². The Bertz CT molecular complexity index is 817. The zero-order valence-electron chi connectivity index (χ0n) is 15.5. The highest BCUT2D eigenvalue weighted by Gasteiger charge is 2.28. The van der Waals surface area contributed by atoms with E-state index in [1.807, 2.05) is 24.3 Å². The molecule has 1 aromatic heterocycles. The van der Waals surface area contributed by atoms with E-state index in [-0.39, 0.29) is 31.8 Å². The maximum Gasteiger partial charge on any atom is 0.326 e. The summed E-state index contributed by atoms with van der Waals surface area (Å²) >= 11 is 0. The van der Waals surface area contributed by atoms with Gasteiger partial charge in [-0.2, -0.15) is 0 Å². The Morgan fingerprint density at radius 2 is 2.00 bits per heavy atom. The van der Waals surface area contributed by atoms with Crippen LogP contribution in [0.4, 0.5) is 0 Å². The number of hydrogen-bond donors (Lipinski definition) is 3. The van der Waals surface area contributed by atoms with Gasteiger partial charge in [0.05, 0.1) is 6.61 Å². The van der Waals surface area contributed by atoms with Gasteiger partial charge in [-0.15, -0.1) is 0 Å². The van der Waals surface area contributed by atoms with Crippen LogP contribution in [0, 0.1) is 0 Å². The van der Waals surface area contributed by atoms with Crippen LogP contribution >= 0.6 is 0 Å². The molecule has 1 aromatic carbocycles. The van der Waals surface area contributed by atoms with Crippen molar-refractivity contribution in [1.29, 1.82) is 0 Å². The molecule has 146 valence electrons. The first-order chi connectivity index (χ1) is 12.8. The summed E-state index contributed by atoms with van der Waals surface area (Å²) in [7, 11) is 1.45. The van der Waals surface area contributed by atoms with E-state index in [0.717, 1.165) is 16.5 Å². The van der Waals surface area contributed by atoms with Crippen LogP contribution in [-0.2, 0) is 25.5 Å². The van der Waals surface area contributed by atoms with E-state index in [1.54, 1.807) is 13.1 Å². The number of nitrogens with one attached hydrogen (secondary N) is 1. The highest BCUT2D eigenvalue weighted by Crippen LogP contribution is 2.20.